The highest BCUT2D eigenvalue weighted by Gasteiger charge is 2.11. The average Bonchev–Trinajstić information content (AvgIpc) is 2.98. The third-order valence-corrected chi connectivity index (χ3v) is 5.70. The molecule has 0 saturated carbocycles. The Balaban J connectivity index is 1.75. The van der Waals surface area contributed by atoms with Gasteiger partial charge in [-0.25, -0.2) is 0 Å². The van der Waals surface area contributed by atoms with E-state index in [1.54, 1.807) is 0 Å². The van der Waals surface area contributed by atoms with Crippen LogP contribution in [-0.4, -0.2) is 0 Å². The van der Waals surface area contributed by atoms with E-state index in [9.17, 15) is 0 Å². The van der Waals surface area contributed by atoms with Crippen LogP contribution in [0.5, 0.6) is 0 Å². The standard InChI is InChI=1S/C22H12BrClO/c23-22-16-4-2-1-3-13(16)5-8-17(22)14-6-9-18-19-10-7-15(24)12-21(19)25-20(18)11-14/h1-12H. The maximum atomic E-state index is 6.08. The average molecular weight is 408 g/mol. The largest absolute Gasteiger partial charge is 0.456 e. The molecular weight excluding hydrogens is 396 g/mol. The monoisotopic (exact) mass is 406 g/mol. The molecule has 0 saturated heterocycles. The van der Waals surface area contributed by atoms with Crippen molar-refractivity contribution in [3.8, 4) is 11.1 Å². The molecule has 3 heteroatoms. The van der Waals surface area contributed by atoms with Gasteiger partial charge in [-0.1, -0.05) is 54.1 Å². The van der Waals surface area contributed by atoms with Gasteiger partial charge in [0.1, 0.15) is 11.2 Å². The Morgan fingerprint density at radius 3 is 2.36 bits per heavy atom. The summed E-state index contributed by atoms with van der Waals surface area (Å²) < 4.78 is 7.12. The molecule has 0 bridgehead atoms. The second-order valence-electron chi connectivity index (χ2n) is 6.10. The van der Waals surface area contributed by atoms with Crippen LogP contribution in [0, 0.1) is 0 Å². The molecule has 1 aromatic heterocycles. The second-order valence-corrected chi connectivity index (χ2v) is 7.33. The summed E-state index contributed by atoms with van der Waals surface area (Å²) in [5.74, 6) is 0. The van der Waals surface area contributed by atoms with Gasteiger partial charge in [0.15, 0.2) is 0 Å². The van der Waals surface area contributed by atoms with Gasteiger partial charge in [-0.05, 0) is 62.1 Å². The normalized spacial score (nSPS) is 11.6. The minimum absolute atomic E-state index is 0.684. The molecule has 0 atom stereocenters. The van der Waals surface area contributed by atoms with Crippen molar-refractivity contribution in [1.82, 2.24) is 0 Å². The van der Waals surface area contributed by atoms with Crippen LogP contribution in [-0.2, 0) is 0 Å². The van der Waals surface area contributed by atoms with Crippen molar-refractivity contribution in [1.29, 1.82) is 0 Å². The highest BCUT2D eigenvalue weighted by atomic mass is 79.9. The summed E-state index contributed by atoms with van der Waals surface area (Å²) in [6.07, 6.45) is 0. The molecule has 0 aliphatic carbocycles. The lowest BCUT2D eigenvalue weighted by molar-refractivity contribution is 0.669. The number of hydrogen-bond donors (Lipinski definition) is 0. The molecule has 0 aliphatic heterocycles. The second kappa shape index (κ2) is 5.62. The zero-order valence-corrected chi connectivity index (χ0v) is 15.4. The first-order chi connectivity index (χ1) is 12.2. The SMILES string of the molecule is Clc1ccc2c(c1)oc1cc(-c3ccc4ccccc4c3Br)ccc12. The minimum Gasteiger partial charge on any atom is -0.456 e. The number of halogens is 2. The number of furan rings is 1. The summed E-state index contributed by atoms with van der Waals surface area (Å²) in [6.45, 7) is 0. The number of benzene rings is 4. The van der Waals surface area contributed by atoms with Crippen LogP contribution in [0.1, 0.15) is 0 Å². The Labute approximate surface area is 157 Å². The Morgan fingerprint density at radius 1 is 0.720 bits per heavy atom. The van der Waals surface area contributed by atoms with E-state index < -0.39 is 0 Å². The highest BCUT2D eigenvalue weighted by Crippen LogP contribution is 2.38. The van der Waals surface area contributed by atoms with E-state index in [0.717, 1.165) is 37.5 Å². The summed E-state index contributed by atoms with van der Waals surface area (Å²) in [4.78, 5) is 0. The molecule has 5 rings (SSSR count). The minimum atomic E-state index is 0.684. The van der Waals surface area contributed by atoms with Gasteiger partial charge in [0, 0.05) is 26.3 Å². The lowest BCUT2D eigenvalue weighted by atomic mass is 10.00. The summed E-state index contributed by atoms with van der Waals surface area (Å²) in [5, 5.41) is 5.30. The summed E-state index contributed by atoms with van der Waals surface area (Å²) in [6, 6.07) is 24.8. The summed E-state index contributed by atoms with van der Waals surface area (Å²) >= 11 is 9.86. The van der Waals surface area contributed by atoms with E-state index in [4.69, 9.17) is 16.0 Å². The van der Waals surface area contributed by atoms with Gasteiger partial charge in [0.25, 0.3) is 0 Å². The maximum absolute atomic E-state index is 6.08. The predicted molar refractivity (Wildman–Crippen MR) is 109 cm³/mol. The van der Waals surface area contributed by atoms with Crippen molar-refractivity contribution in [2.45, 2.75) is 0 Å². The molecule has 25 heavy (non-hydrogen) atoms. The first-order valence-electron chi connectivity index (χ1n) is 8.00. The van der Waals surface area contributed by atoms with Crippen LogP contribution >= 0.6 is 27.5 Å². The molecule has 0 unspecified atom stereocenters. The molecule has 0 N–H and O–H groups in total. The van der Waals surface area contributed by atoms with E-state index in [1.807, 2.05) is 18.2 Å². The molecule has 0 radical (unpaired) electrons. The van der Waals surface area contributed by atoms with Gasteiger partial charge in [-0.2, -0.15) is 0 Å². The van der Waals surface area contributed by atoms with E-state index in [1.165, 1.54) is 10.8 Å². The van der Waals surface area contributed by atoms with Crippen molar-refractivity contribution in [3.05, 3.63) is 82.3 Å². The molecule has 0 aliphatic rings. The molecule has 120 valence electrons. The maximum Gasteiger partial charge on any atom is 0.136 e. The van der Waals surface area contributed by atoms with Crippen LogP contribution in [0.4, 0.5) is 0 Å². The zero-order valence-electron chi connectivity index (χ0n) is 13.1. The Kier molecular flexibility index (Phi) is 3.37. The van der Waals surface area contributed by atoms with Gasteiger partial charge >= 0.3 is 0 Å². The van der Waals surface area contributed by atoms with Crippen LogP contribution in [0.2, 0.25) is 5.02 Å². The topological polar surface area (TPSA) is 13.1 Å². The lowest BCUT2D eigenvalue weighted by Crippen LogP contribution is -1.82. The molecular formula is C22H12BrClO. The molecule has 0 fully saturated rings. The number of fused-ring (bicyclic) bond motifs is 4. The number of hydrogen-bond acceptors (Lipinski definition) is 1. The quantitative estimate of drug-likeness (QED) is 0.276. The van der Waals surface area contributed by atoms with Gasteiger partial charge in [0.05, 0.1) is 0 Å². The van der Waals surface area contributed by atoms with Crippen molar-refractivity contribution < 1.29 is 4.42 Å². The Hall–Kier alpha value is -2.29. The zero-order chi connectivity index (χ0) is 17.0. The van der Waals surface area contributed by atoms with Crippen LogP contribution in [0.15, 0.2) is 81.7 Å². The lowest BCUT2D eigenvalue weighted by Gasteiger charge is -2.08. The fourth-order valence-corrected chi connectivity index (χ4v) is 4.26. The van der Waals surface area contributed by atoms with E-state index in [-0.39, 0.29) is 0 Å². The first kappa shape index (κ1) is 15.0. The summed E-state index contributed by atoms with van der Waals surface area (Å²) in [7, 11) is 0. The van der Waals surface area contributed by atoms with Crippen molar-refractivity contribution in [2.24, 2.45) is 0 Å². The number of rotatable bonds is 1. The molecule has 0 spiro atoms. The molecule has 1 heterocycles. The van der Waals surface area contributed by atoms with E-state index in [0.29, 0.717) is 5.02 Å². The van der Waals surface area contributed by atoms with Crippen LogP contribution in [0.25, 0.3) is 43.8 Å². The fourth-order valence-electron chi connectivity index (χ4n) is 3.37. The smallest absolute Gasteiger partial charge is 0.136 e. The molecule has 0 amide bonds. The van der Waals surface area contributed by atoms with E-state index >= 15 is 0 Å². The molecule has 5 aromatic rings. The first-order valence-corrected chi connectivity index (χ1v) is 9.17. The third kappa shape index (κ3) is 2.37. The highest BCUT2D eigenvalue weighted by molar-refractivity contribution is 9.10. The van der Waals surface area contributed by atoms with Gasteiger partial charge in [-0.3, -0.25) is 0 Å². The fraction of sp³-hybridized carbons (Fsp3) is 0. The Bertz CT molecular complexity index is 1270. The van der Waals surface area contributed by atoms with Crippen LogP contribution in [0.3, 0.4) is 0 Å². The van der Waals surface area contributed by atoms with Gasteiger partial charge in [0.2, 0.25) is 0 Å². The van der Waals surface area contributed by atoms with Crippen molar-refractivity contribution >= 4 is 60.2 Å². The van der Waals surface area contributed by atoms with Gasteiger partial charge in [-0.15, -0.1) is 0 Å². The van der Waals surface area contributed by atoms with Crippen molar-refractivity contribution in [3.63, 3.8) is 0 Å². The molecule has 4 aromatic carbocycles. The van der Waals surface area contributed by atoms with Crippen molar-refractivity contribution in [2.75, 3.05) is 0 Å². The van der Waals surface area contributed by atoms with E-state index in [2.05, 4.69) is 70.5 Å². The van der Waals surface area contributed by atoms with Gasteiger partial charge < -0.3 is 4.42 Å². The Morgan fingerprint density at radius 2 is 1.48 bits per heavy atom. The van der Waals surface area contributed by atoms with Crippen LogP contribution < -0.4 is 0 Å². The molecule has 1 nitrogen and oxygen atoms in total. The summed E-state index contributed by atoms with van der Waals surface area (Å²) in [5.41, 5.74) is 3.96. The third-order valence-electron chi connectivity index (χ3n) is 4.61. The predicted octanol–water partition coefficient (Wildman–Crippen LogP) is 7.82.